The minimum atomic E-state index is -0.100. The molecule has 0 N–H and O–H groups in total. The van der Waals surface area contributed by atoms with Gasteiger partial charge in [0.15, 0.2) is 44.1 Å². The Hall–Kier alpha value is -7.26. The van der Waals surface area contributed by atoms with Gasteiger partial charge in [0, 0.05) is 29.4 Å². The number of hydrogen-bond donors (Lipinski definition) is 0. The molecule has 2 unspecified atom stereocenters. The molecule has 12 rings (SSSR count). The molecule has 0 aromatic heterocycles. The van der Waals surface area contributed by atoms with Crippen LogP contribution >= 0.6 is 35.3 Å². The molecule has 0 aliphatic rings. The van der Waals surface area contributed by atoms with Crippen molar-refractivity contribution in [2.24, 2.45) is 0 Å². The quantitative estimate of drug-likeness (QED) is 0.0939. The molecule has 0 nitrogen and oxygen atoms in total. The van der Waals surface area contributed by atoms with Crippen LogP contribution in [0.4, 0.5) is 0 Å². The van der Waals surface area contributed by atoms with E-state index in [1.165, 1.54) is 107 Å². The second-order valence-electron chi connectivity index (χ2n) is 22.4. The second kappa shape index (κ2) is 30.6. The highest BCUT2D eigenvalue weighted by molar-refractivity contribution is 8.00. The van der Waals surface area contributed by atoms with Gasteiger partial charge in [0.2, 0.25) is 0 Å². The lowest BCUT2D eigenvalue weighted by molar-refractivity contribution is 0.590. The Morgan fingerprint density at radius 3 is 0.609 bits per heavy atom. The van der Waals surface area contributed by atoms with E-state index in [1.54, 1.807) is 11.8 Å². The molecular weight excluding hydrogens is 1170 g/mol. The molecule has 0 aliphatic carbocycles. The summed E-state index contributed by atoms with van der Waals surface area (Å²) in [6, 6.07) is 113. The summed E-state index contributed by atoms with van der Waals surface area (Å²) in [5, 5.41) is 0. The van der Waals surface area contributed by atoms with Crippen molar-refractivity contribution < 1.29 is 0 Å². The van der Waals surface area contributed by atoms with Crippen LogP contribution in [0.15, 0.2) is 383 Å². The summed E-state index contributed by atoms with van der Waals surface area (Å²) in [7, 11) is -0.285. The second-order valence-corrected chi connectivity index (χ2v) is 31.9. The lowest BCUT2D eigenvalue weighted by Gasteiger charge is -2.19. The van der Waals surface area contributed by atoms with E-state index >= 15 is 0 Å². The minimum absolute atomic E-state index is 0.0900. The normalized spacial score (nSPS) is 11.8. The van der Waals surface area contributed by atoms with Crippen LogP contribution in [0.3, 0.4) is 0 Å². The van der Waals surface area contributed by atoms with Crippen LogP contribution in [-0.4, -0.2) is 0 Å². The van der Waals surface area contributed by atoms with Crippen molar-refractivity contribution in [2.45, 2.75) is 134 Å². The molecule has 0 saturated heterocycles. The van der Waals surface area contributed by atoms with Crippen LogP contribution in [0.25, 0.3) is 0 Å². The first-order valence-corrected chi connectivity index (χ1v) is 35.6. The molecule has 432 valence electrons. The fourth-order valence-corrected chi connectivity index (χ4v) is 18.1. The van der Waals surface area contributed by atoms with Crippen LogP contribution < -0.4 is 0 Å². The topological polar surface area (TPSA) is 0 Å². The van der Waals surface area contributed by atoms with Crippen molar-refractivity contribution in [3.05, 3.63) is 343 Å². The Bertz CT molecular complexity index is 3950. The number of rotatable bonds is 15. The molecule has 0 heterocycles. The van der Waals surface area contributed by atoms with E-state index in [0.29, 0.717) is 0 Å². The van der Waals surface area contributed by atoms with Crippen molar-refractivity contribution in [3.8, 4) is 0 Å². The van der Waals surface area contributed by atoms with E-state index in [4.69, 9.17) is 0 Å². The Morgan fingerprint density at radius 1 is 0.195 bits per heavy atom. The molecule has 12 aromatic rings. The summed E-state index contributed by atoms with van der Waals surface area (Å²) in [6.45, 7) is 17.5. The largest absolute Gasteiger partial charge is 0.166 e. The number of hydrogen-bond acceptors (Lipinski definition) is 3. The van der Waals surface area contributed by atoms with E-state index in [-0.39, 0.29) is 38.1 Å². The van der Waals surface area contributed by atoms with Gasteiger partial charge >= 0.3 is 0 Å². The first kappa shape index (κ1) is 62.8. The summed E-state index contributed by atoms with van der Waals surface area (Å²) in [6.07, 6.45) is 0. The molecule has 2 atom stereocenters. The first-order valence-electron chi connectivity index (χ1n) is 29.4. The van der Waals surface area contributed by atoms with Gasteiger partial charge < -0.3 is 0 Å². The molecule has 0 saturated carbocycles. The lowest BCUT2D eigenvalue weighted by Crippen LogP contribution is -2.10. The highest BCUT2D eigenvalue weighted by atomic mass is 32.2. The standard InChI is InChI=1S/C29H29S2.2C26H23S2/c1-22-10-18-27(19-11-22)31(26-8-6-5-7-9-26)28-20-16-25(17-21-28)30-24-14-12-23(13-15-24)29(2,3)4;1-20-8-14-24(15-9-20)28(25-16-10-21(2)11-17-25)26-18-12-23(13-19-26)27-22-6-4-3-5-7-22;1-20-8-12-22(13-9-20)27-23-14-18-26(19-15-23)28(24-6-4-3-5-7-24)25-16-10-21(2)11-17-25/h5-21H,1-4H3;2*3-19H,1-2H3/q3*+1. The van der Waals surface area contributed by atoms with Gasteiger partial charge in [-0.25, -0.2) is 0 Å². The van der Waals surface area contributed by atoms with Crippen molar-refractivity contribution in [3.63, 3.8) is 0 Å². The van der Waals surface area contributed by atoms with E-state index in [2.05, 4.69) is 365 Å². The minimum Gasteiger partial charge on any atom is -0.0901 e. The summed E-state index contributed by atoms with van der Waals surface area (Å²) < 4.78 is 0. The molecule has 12 aromatic carbocycles. The number of aryl methyl sites for hydroxylation is 5. The van der Waals surface area contributed by atoms with Gasteiger partial charge in [0.25, 0.3) is 0 Å². The Labute approximate surface area is 540 Å². The van der Waals surface area contributed by atoms with Gasteiger partial charge in [-0.15, -0.1) is 0 Å². The fourth-order valence-electron chi connectivity index (χ4n) is 9.49. The van der Waals surface area contributed by atoms with Crippen molar-refractivity contribution in [2.75, 3.05) is 0 Å². The molecule has 0 amide bonds. The molecule has 0 aliphatic heterocycles. The van der Waals surface area contributed by atoms with Gasteiger partial charge in [0.05, 0.1) is 32.7 Å². The first-order chi connectivity index (χ1) is 42.3. The SMILES string of the molecule is Cc1ccc(Sc2ccc([S+](c3ccccc3)c3ccc(C)cc3)cc2)cc1.Cc1ccc([S+](c2ccc(C)cc2)c2ccc(Sc3ccccc3)cc2)cc1.Cc1ccc([S+](c2ccccc2)c2ccc(Sc3ccc(C(C)(C)C)cc3)cc2)cc1. The van der Waals surface area contributed by atoms with E-state index < -0.39 is 0 Å². The average Bonchev–Trinajstić information content (AvgIpc) is 3.71. The van der Waals surface area contributed by atoms with Crippen molar-refractivity contribution in [1.82, 2.24) is 0 Å². The third-order valence-corrected chi connectivity index (χ3v) is 24.1. The highest BCUT2D eigenvalue weighted by Crippen LogP contribution is 2.38. The molecule has 0 bridgehead atoms. The van der Waals surface area contributed by atoms with Gasteiger partial charge in [0.1, 0.15) is 0 Å². The smallest absolute Gasteiger partial charge is 0.0901 e. The van der Waals surface area contributed by atoms with Gasteiger partial charge in [-0.05, 0) is 228 Å². The zero-order valence-electron chi connectivity index (χ0n) is 50.9. The van der Waals surface area contributed by atoms with Crippen molar-refractivity contribution >= 4 is 68.0 Å². The van der Waals surface area contributed by atoms with Crippen LogP contribution in [0, 0.1) is 34.6 Å². The van der Waals surface area contributed by atoms with Gasteiger partial charge in [-0.1, -0.05) is 211 Å². The fraction of sp³-hybridized carbons (Fsp3) is 0.111. The number of benzene rings is 12. The zero-order valence-corrected chi connectivity index (χ0v) is 55.8. The predicted octanol–water partition coefficient (Wildman–Crippen LogP) is 23.6. The molecule has 0 radical (unpaired) electrons. The summed E-state index contributed by atoms with van der Waals surface area (Å²) in [4.78, 5) is 19.8. The maximum atomic E-state index is 2.29. The van der Waals surface area contributed by atoms with Crippen molar-refractivity contribution in [1.29, 1.82) is 0 Å². The van der Waals surface area contributed by atoms with E-state index in [9.17, 15) is 0 Å². The summed E-state index contributed by atoms with van der Waals surface area (Å²) >= 11 is 5.44. The third-order valence-electron chi connectivity index (χ3n) is 14.4. The summed E-state index contributed by atoms with van der Waals surface area (Å²) in [5.41, 5.74) is 8.04. The van der Waals surface area contributed by atoms with Gasteiger partial charge in [-0.2, -0.15) is 0 Å². The maximum absolute atomic E-state index is 2.29. The van der Waals surface area contributed by atoms with Crippen LogP contribution in [0.2, 0.25) is 0 Å². The zero-order chi connectivity index (χ0) is 60.5. The molecule has 0 fully saturated rings. The Balaban J connectivity index is 0.000000145. The van der Waals surface area contributed by atoms with Crippen LogP contribution in [0.1, 0.15) is 54.2 Å². The maximum Gasteiger partial charge on any atom is 0.166 e. The third kappa shape index (κ3) is 17.9. The highest BCUT2D eigenvalue weighted by Gasteiger charge is 2.31. The molecule has 0 spiro atoms. The monoisotopic (exact) mass is 1240 g/mol. The molecule has 6 heteroatoms. The molecular formula is C81H75S6+3. The van der Waals surface area contributed by atoms with E-state index in [0.717, 1.165) is 0 Å². The predicted molar refractivity (Wildman–Crippen MR) is 379 cm³/mol. The van der Waals surface area contributed by atoms with E-state index in [1.807, 2.05) is 23.5 Å². The Morgan fingerprint density at radius 2 is 0.368 bits per heavy atom. The lowest BCUT2D eigenvalue weighted by atomic mass is 9.87. The van der Waals surface area contributed by atoms with Crippen LogP contribution in [-0.2, 0) is 38.1 Å². The summed E-state index contributed by atoms with van der Waals surface area (Å²) in [5.74, 6) is 0. The molecule has 87 heavy (non-hydrogen) atoms. The Kier molecular flexibility index (Phi) is 22.1. The van der Waals surface area contributed by atoms with Crippen LogP contribution in [0.5, 0.6) is 0 Å². The average molecular weight is 1240 g/mol. The van der Waals surface area contributed by atoms with Gasteiger partial charge in [-0.3, -0.25) is 0 Å².